The minimum atomic E-state index is -2.86. The zero-order valence-corrected chi connectivity index (χ0v) is 13.8. The summed E-state index contributed by atoms with van der Waals surface area (Å²) in [5.74, 6) is 0.907. The van der Waals surface area contributed by atoms with Crippen molar-refractivity contribution in [1.29, 1.82) is 0 Å². The number of hydrogen-bond donors (Lipinski definition) is 2. The molecule has 0 saturated heterocycles. The molecule has 1 aliphatic carbocycles. The van der Waals surface area contributed by atoms with Gasteiger partial charge in [0.2, 0.25) is 0 Å². The maximum atomic E-state index is 11.1. The lowest BCUT2D eigenvalue weighted by Gasteiger charge is -2.41. The van der Waals surface area contributed by atoms with Crippen LogP contribution >= 0.6 is 11.8 Å². The van der Waals surface area contributed by atoms with Crippen LogP contribution in [-0.4, -0.2) is 54.7 Å². The van der Waals surface area contributed by atoms with E-state index in [4.69, 9.17) is 0 Å². The largest absolute Gasteiger partial charge is 0.394 e. The summed E-state index contributed by atoms with van der Waals surface area (Å²) in [7, 11) is -2.86. The number of nitrogens with one attached hydrogen (secondary N) is 1. The zero-order chi connectivity index (χ0) is 14.5. The summed E-state index contributed by atoms with van der Waals surface area (Å²) in [5.41, 5.74) is -0.171. The quantitative estimate of drug-likeness (QED) is 0.745. The minimum Gasteiger partial charge on any atom is -0.394 e. The van der Waals surface area contributed by atoms with Gasteiger partial charge in [-0.25, -0.2) is 8.42 Å². The fraction of sp³-hybridized carbons (Fsp3) is 1.00. The van der Waals surface area contributed by atoms with Gasteiger partial charge in [-0.05, 0) is 19.3 Å². The fourth-order valence-electron chi connectivity index (χ4n) is 2.75. The van der Waals surface area contributed by atoms with Crippen LogP contribution in [0.5, 0.6) is 0 Å². The summed E-state index contributed by atoms with van der Waals surface area (Å²) in [5, 5.41) is 13.6. The van der Waals surface area contributed by atoms with E-state index >= 15 is 0 Å². The van der Waals surface area contributed by atoms with Crippen LogP contribution in [0.3, 0.4) is 0 Å². The van der Waals surface area contributed by atoms with Crippen molar-refractivity contribution >= 4 is 21.6 Å². The predicted molar refractivity (Wildman–Crippen MR) is 82.5 cm³/mol. The first kappa shape index (κ1) is 17.3. The summed E-state index contributed by atoms with van der Waals surface area (Å²) >= 11 is 1.74. The average Bonchev–Trinajstić information content (AvgIpc) is 2.27. The van der Waals surface area contributed by atoms with Crippen LogP contribution in [0, 0.1) is 0 Å². The molecule has 1 saturated carbocycles. The molecule has 0 amide bonds. The van der Waals surface area contributed by atoms with Crippen LogP contribution in [0.2, 0.25) is 0 Å². The molecular weight excluding hydrogens is 282 g/mol. The Morgan fingerprint density at radius 2 is 2.16 bits per heavy atom. The Bertz CT molecular complexity index is 370. The van der Waals surface area contributed by atoms with Gasteiger partial charge in [-0.15, -0.1) is 0 Å². The SMILES string of the molecule is CC(C)NC1(CO)CCCC(SCCS(C)(=O)=O)C1. The van der Waals surface area contributed by atoms with Gasteiger partial charge in [-0.2, -0.15) is 11.8 Å². The summed E-state index contributed by atoms with van der Waals surface area (Å²) in [4.78, 5) is 0. The number of hydrogen-bond acceptors (Lipinski definition) is 5. The van der Waals surface area contributed by atoms with E-state index in [-0.39, 0.29) is 17.9 Å². The molecule has 0 radical (unpaired) electrons. The summed E-state index contributed by atoms with van der Waals surface area (Å²) in [6.07, 6.45) is 5.43. The Kier molecular flexibility index (Phi) is 6.63. The highest BCUT2D eigenvalue weighted by molar-refractivity contribution is 8.01. The van der Waals surface area contributed by atoms with Crippen LogP contribution < -0.4 is 5.32 Å². The second-order valence-corrected chi connectivity index (χ2v) is 9.62. The van der Waals surface area contributed by atoms with E-state index in [2.05, 4.69) is 19.2 Å². The normalized spacial score (nSPS) is 28.8. The Hall–Kier alpha value is 0.220. The van der Waals surface area contributed by atoms with Crippen molar-refractivity contribution in [2.24, 2.45) is 0 Å². The fourth-order valence-corrected chi connectivity index (χ4v) is 5.45. The summed E-state index contributed by atoms with van der Waals surface area (Å²) in [6, 6.07) is 0.354. The van der Waals surface area contributed by atoms with E-state index in [9.17, 15) is 13.5 Å². The predicted octanol–water partition coefficient (Wildman–Crippen LogP) is 1.44. The van der Waals surface area contributed by atoms with E-state index in [1.807, 2.05) is 0 Å². The van der Waals surface area contributed by atoms with Gasteiger partial charge >= 0.3 is 0 Å². The minimum absolute atomic E-state index is 0.161. The van der Waals surface area contributed by atoms with Crippen molar-refractivity contribution in [1.82, 2.24) is 5.32 Å². The van der Waals surface area contributed by atoms with Gasteiger partial charge in [0.05, 0.1) is 12.4 Å². The molecular formula is C13H27NO3S2. The molecule has 6 heteroatoms. The third kappa shape index (κ3) is 6.47. The van der Waals surface area contributed by atoms with Crippen LogP contribution in [0.25, 0.3) is 0 Å². The molecule has 2 N–H and O–H groups in total. The number of aliphatic hydroxyl groups excluding tert-OH is 1. The standard InChI is InChI=1S/C13H27NO3S2/c1-11(2)14-13(10-15)6-4-5-12(9-13)18-7-8-19(3,16)17/h11-12,14-15H,4-10H2,1-3H3. The first-order valence-corrected chi connectivity index (χ1v) is 10.1. The smallest absolute Gasteiger partial charge is 0.148 e. The Labute approximate surface area is 121 Å². The van der Waals surface area contributed by atoms with E-state index in [0.717, 1.165) is 25.7 Å². The van der Waals surface area contributed by atoms with Crippen LogP contribution in [0.4, 0.5) is 0 Å². The van der Waals surface area contributed by atoms with Crippen molar-refractivity contribution < 1.29 is 13.5 Å². The van der Waals surface area contributed by atoms with Crippen LogP contribution in [0.1, 0.15) is 39.5 Å². The highest BCUT2D eigenvalue weighted by Crippen LogP contribution is 2.35. The molecule has 0 spiro atoms. The molecule has 1 rings (SSSR count). The highest BCUT2D eigenvalue weighted by Gasteiger charge is 2.36. The van der Waals surface area contributed by atoms with Gasteiger partial charge in [-0.1, -0.05) is 20.3 Å². The van der Waals surface area contributed by atoms with Crippen molar-refractivity contribution in [3.05, 3.63) is 0 Å². The number of sulfone groups is 1. The van der Waals surface area contributed by atoms with Gasteiger partial charge in [0.1, 0.15) is 9.84 Å². The molecule has 1 aliphatic rings. The molecule has 0 aromatic rings. The van der Waals surface area contributed by atoms with Crippen molar-refractivity contribution in [2.75, 3.05) is 24.4 Å². The Balaban J connectivity index is 2.48. The molecule has 0 aromatic heterocycles. The van der Waals surface area contributed by atoms with E-state index in [1.54, 1.807) is 11.8 Å². The molecule has 2 atom stereocenters. The lowest BCUT2D eigenvalue weighted by atomic mass is 9.81. The third-order valence-electron chi connectivity index (χ3n) is 3.51. The third-order valence-corrected chi connectivity index (χ3v) is 6.02. The average molecular weight is 309 g/mol. The van der Waals surface area contributed by atoms with Crippen LogP contribution in [-0.2, 0) is 9.84 Å². The second kappa shape index (κ2) is 7.29. The molecule has 0 aromatic carbocycles. The van der Waals surface area contributed by atoms with Gasteiger partial charge in [0.15, 0.2) is 0 Å². The number of rotatable bonds is 7. The molecule has 19 heavy (non-hydrogen) atoms. The van der Waals surface area contributed by atoms with Crippen molar-refractivity contribution in [3.8, 4) is 0 Å². The molecule has 0 bridgehead atoms. The van der Waals surface area contributed by atoms with E-state index in [1.165, 1.54) is 6.26 Å². The van der Waals surface area contributed by atoms with Gasteiger partial charge in [-0.3, -0.25) is 0 Å². The summed E-state index contributed by atoms with van der Waals surface area (Å²) in [6.45, 7) is 4.35. The number of thioether (sulfide) groups is 1. The molecule has 0 heterocycles. The monoisotopic (exact) mass is 309 g/mol. The molecule has 114 valence electrons. The first-order valence-electron chi connectivity index (χ1n) is 6.94. The Morgan fingerprint density at radius 3 is 2.68 bits per heavy atom. The first-order chi connectivity index (χ1) is 8.76. The molecule has 2 unspecified atom stereocenters. The maximum Gasteiger partial charge on any atom is 0.148 e. The van der Waals surface area contributed by atoms with E-state index < -0.39 is 9.84 Å². The topological polar surface area (TPSA) is 66.4 Å². The highest BCUT2D eigenvalue weighted by atomic mass is 32.2. The maximum absolute atomic E-state index is 11.1. The van der Waals surface area contributed by atoms with Crippen molar-refractivity contribution in [3.63, 3.8) is 0 Å². The summed E-state index contributed by atoms with van der Waals surface area (Å²) < 4.78 is 22.3. The van der Waals surface area contributed by atoms with Crippen molar-refractivity contribution in [2.45, 2.75) is 56.4 Å². The van der Waals surface area contributed by atoms with Gasteiger partial charge in [0, 0.05) is 28.8 Å². The lowest BCUT2D eigenvalue weighted by molar-refractivity contribution is 0.115. The van der Waals surface area contributed by atoms with Crippen LogP contribution in [0.15, 0.2) is 0 Å². The Morgan fingerprint density at radius 1 is 1.47 bits per heavy atom. The number of aliphatic hydroxyl groups is 1. The second-order valence-electron chi connectivity index (χ2n) is 5.96. The lowest BCUT2D eigenvalue weighted by Crippen LogP contribution is -2.54. The zero-order valence-electron chi connectivity index (χ0n) is 12.2. The molecule has 0 aliphatic heterocycles. The van der Waals surface area contributed by atoms with E-state index in [0.29, 0.717) is 17.0 Å². The molecule has 4 nitrogen and oxygen atoms in total. The van der Waals surface area contributed by atoms with Gasteiger partial charge < -0.3 is 10.4 Å². The molecule has 1 fully saturated rings. The van der Waals surface area contributed by atoms with Gasteiger partial charge in [0.25, 0.3) is 0 Å².